The number of rotatable bonds is 3. The van der Waals surface area contributed by atoms with E-state index in [1.54, 1.807) is 0 Å². The number of aromatic nitrogens is 3. The minimum absolute atomic E-state index is 0.545. The van der Waals surface area contributed by atoms with Gasteiger partial charge in [-0.25, -0.2) is 0 Å². The summed E-state index contributed by atoms with van der Waals surface area (Å²) < 4.78 is 8.37. The van der Waals surface area contributed by atoms with E-state index in [9.17, 15) is 0 Å². The van der Waals surface area contributed by atoms with Crippen molar-refractivity contribution in [1.82, 2.24) is 14.8 Å². The highest BCUT2D eigenvalue weighted by atomic mass is 16.4. The third-order valence-electron chi connectivity index (χ3n) is 5.65. The molecule has 6 rings (SSSR count). The Morgan fingerprint density at radius 3 is 2.07 bits per heavy atom. The molecule has 0 saturated heterocycles. The molecule has 0 amide bonds. The first-order chi connectivity index (χ1) is 14.9. The molecule has 1 aliphatic carbocycles. The lowest BCUT2D eigenvalue weighted by Crippen LogP contribution is -2.01. The fourth-order valence-electron chi connectivity index (χ4n) is 4.28. The van der Waals surface area contributed by atoms with E-state index < -0.39 is 0 Å². The minimum Gasteiger partial charge on any atom is -0.416 e. The van der Waals surface area contributed by atoms with Gasteiger partial charge in [0.05, 0.1) is 11.0 Å². The molecule has 3 aromatic carbocycles. The number of hydrogen-bond donors (Lipinski definition) is 0. The summed E-state index contributed by atoms with van der Waals surface area (Å²) in [7, 11) is 0. The molecule has 0 N–H and O–H groups in total. The molecule has 2 aromatic heterocycles. The van der Waals surface area contributed by atoms with Crippen molar-refractivity contribution in [2.75, 3.05) is 0 Å². The number of hydrogen-bond acceptors (Lipinski definition) is 3. The molecule has 4 nitrogen and oxygen atoms in total. The zero-order valence-electron chi connectivity index (χ0n) is 16.3. The first-order valence-electron chi connectivity index (χ1n) is 10.2. The molecule has 144 valence electrons. The zero-order valence-corrected chi connectivity index (χ0v) is 16.3. The van der Waals surface area contributed by atoms with Crippen molar-refractivity contribution < 1.29 is 4.42 Å². The quantitative estimate of drug-likeness (QED) is 0.351. The normalized spacial score (nSPS) is 14.1. The molecular formula is C26H19N3O. The van der Waals surface area contributed by atoms with E-state index in [1.807, 2.05) is 30.3 Å². The van der Waals surface area contributed by atoms with Crippen LogP contribution in [0.5, 0.6) is 0 Å². The number of para-hydroxylation sites is 2. The van der Waals surface area contributed by atoms with Gasteiger partial charge in [-0.3, -0.25) is 0 Å². The molecule has 1 aliphatic rings. The Kier molecular flexibility index (Phi) is 3.88. The number of fused-ring (bicyclic) bond motifs is 3. The van der Waals surface area contributed by atoms with Crippen molar-refractivity contribution in [2.24, 2.45) is 0 Å². The van der Waals surface area contributed by atoms with E-state index in [0.29, 0.717) is 11.8 Å². The standard InChI is InChI=1S/C26H19N3O/c1-2-9-18(10-3-1)25-27-28-26(30-25)19-11-8-12-20(17-19)29-23-15-6-4-13-21(23)22-14-5-7-16-24(22)29/h1-7,9-11,13-17H,8,12H2. The number of nitrogens with zero attached hydrogens (tertiary/aromatic N) is 3. The van der Waals surface area contributed by atoms with Gasteiger partial charge in [-0.05, 0) is 43.2 Å². The summed E-state index contributed by atoms with van der Waals surface area (Å²) >= 11 is 0. The van der Waals surface area contributed by atoms with Crippen LogP contribution in [0.4, 0.5) is 0 Å². The molecule has 4 heteroatoms. The highest BCUT2D eigenvalue weighted by molar-refractivity contribution is 6.10. The van der Waals surface area contributed by atoms with Crippen LogP contribution in [0, 0.1) is 0 Å². The Morgan fingerprint density at radius 1 is 0.700 bits per heavy atom. The maximum Gasteiger partial charge on any atom is 0.248 e. The predicted molar refractivity (Wildman–Crippen MR) is 121 cm³/mol. The first kappa shape index (κ1) is 17.0. The van der Waals surface area contributed by atoms with Crippen LogP contribution in [0.25, 0.3) is 44.5 Å². The van der Waals surface area contributed by atoms with E-state index in [4.69, 9.17) is 4.42 Å². The van der Waals surface area contributed by atoms with Gasteiger partial charge >= 0.3 is 0 Å². The number of benzene rings is 3. The molecule has 0 unspecified atom stereocenters. The molecule has 30 heavy (non-hydrogen) atoms. The molecule has 0 aliphatic heterocycles. The van der Waals surface area contributed by atoms with Crippen molar-refractivity contribution in [3.8, 4) is 11.5 Å². The molecule has 5 aromatic rings. The van der Waals surface area contributed by atoms with Crippen LogP contribution in [-0.4, -0.2) is 14.8 Å². The van der Waals surface area contributed by atoms with Crippen LogP contribution in [0.2, 0.25) is 0 Å². The maximum atomic E-state index is 6.01. The second kappa shape index (κ2) is 6.85. The summed E-state index contributed by atoms with van der Waals surface area (Å²) in [6.45, 7) is 0. The smallest absolute Gasteiger partial charge is 0.248 e. The van der Waals surface area contributed by atoms with Gasteiger partial charge in [0.2, 0.25) is 11.8 Å². The van der Waals surface area contributed by atoms with Gasteiger partial charge in [0.25, 0.3) is 0 Å². The second-order valence-electron chi connectivity index (χ2n) is 7.48. The number of allylic oxidation sites excluding steroid dienone is 4. The third kappa shape index (κ3) is 2.69. The predicted octanol–water partition coefficient (Wildman–Crippen LogP) is 6.56. The van der Waals surface area contributed by atoms with E-state index in [-0.39, 0.29) is 0 Å². The van der Waals surface area contributed by atoms with E-state index in [0.717, 1.165) is 24.0 Å². The average molecular weight is 389 g/mol. The van der Waals surface area contributed by atoms with Gasteiger partial charge in [-0.15, -0.1) is 10.2 Å². The van der Waals surface area contributed by atoms with Crippen molar-refractivity contribution in [1.29, 1.82) is 0 Å². The Labute approximate surface area is 173 Å². The third-order valence-corrected chi connectivity index (χ3v) is 5.65. The summed E-state index contributed by atoms with van der Waals surface area (Å²) in [5, 5.41) is 11.1. The largest absolute Gasteiger partial charge is 0.416 e. The average Bonchev–Trinajstić information content (AvgIpc) is 3.43. The molecule has 0 fully saturated rings. The molecule has 0 atom stereocenters. The summed E-state index contributed by atoms with van der Waals surface area (Å²) in [6, 6.07) is 27.0. The van der Waals surface area contributed by atoms with Crippen LogP contribution in [0.3, 0.4) is 0 Å². The van der Waals surface area contributed by atoms with Gasteiger partial charge in [0, 0.05) is 27.6 Å². The van der Waals surface area contributed by atoms with Crippen molar-refractivity contribution in [2.45, 2.75) is 12.8 Å². The van der Waals surface area contributed by atoms with Crippen LogP contribution in [-0.2, 0) is 0 Å². The summed E-state index contributed by atoms with van der Waals surface area (Å²) in [6.07, 6.45) is 6.27. The van der Waals surface area contributed by atoms with Crippen LogP contribution >= 0.6 is 0 Å². The molecule has 0 radical (unpaired) electrons. The van der Waals surface area contributed by atoms with Crippen LogP contribution < -0.4 is 0 Å². The van der Waals surface area contributed by atoms with Crippen molar-refractivity contribution in [3.63, 3.8) is 0 Å². The van der Waals surface area contributed by atoms with Gasteiger partial charge < -0.3 is 8.98 Å². The second-order valence-corrected chi connectivity index (χ2v) is 7.48. The van der Waals surface area contributed by atoms with Gasteiger partial charge in [-0.2, -0.15) is 0 Å². The summed E-state index contributed by atoms with van der Waals surface area (Å²) in [5.74, 6) is 1.11. The fraction of sp³-hybridized carbons (Fsp3) is 0.0769. The van der Waals surface area contributed by atoms with Crippen LogP contribution in [0.15, 0.2) is 95.4 Å². The Hall–Kier alpha value is -3.92. The Balaban J connectivity index is 1.46. The van der Waals surface area contributed by atoms with Gasteiger partial charge in [0.1, 0.15) is 0 Å². The Morgan fingerprint density at radius 2 is 1.33 bits per heavy atom. The summed E-state index contributed by atoms with van der Waals surface area (Å²) in [5.41, 5.74) is 5.60. The SMILES string of the molecule is C1=C(c2nnc(-c3ccccc3)o2)C=C(n2c3ccccc3c3ccccc32)CC1. The molecule has 0 saturated carbocycles. The van der Waals surface area contributed by atoms with Gasteiger partial charge in [-0.1, -0.05) is 60.7 Å². The molecule has 0 spiro atoms. The monoisotopic (exact) mass is 389 g/mol. The summed E-state index contributed by atoms with van der Waals surface area (Å²) in [4.78, 5) is 0. The lowest BCUT2D eigenvalue weighted by Gasteiger charge is -2.16. The van der Waals surface area contributed by atoms with Crippen LogP contribution in [0.1, 0.15) is 18.7 Å². The molecular weight excluding hydrogens is 370 g/mol. The van der Waals surface area contributed by atoms with E-state index in [2.05, 4.69) is 75.4 Å². The van der Waals surface area contributed by atoms with Crippen molar-refractivity contribution in [3.05, 3.63) is 96.9 Å². The van der Waals surface area contributed by atoms with Gasteiger partial charge in [0.15, 0.2) is 0 Å². The highest BCUT2D eigenvalue weighted by Crippen LogP contribution is 2.36. The maximum absolute atomic E-state index is 6.01. The Bertz CT molecular complexity index is 1380. The highest BCUT2D eigenvalue weighted by Gasteiger charge is 2.18. The van der Waals surface area contributed by atoms with E-state index in [1.165, 1.54) is 27.5 Å². The van der Waals surface area contributed by atoms with E-state index >= 15 is 0 Å². The molecule has 0 bridgehead atoms. The first-order valence-corrected chi connectivity index (χ1v) is 10.2. The molecule has 2 heterocycles. The lowest BCUT2D eigenvalue weighted by atomic mass is 10.0. The minimum atomic E-state index is 0.545. The lowest BCUT2D eigenvalue weighted by molar-refractivity contribution is 0.554. The van der Waals surface area contributed by atoms with Crippen molar-refractivity contribution >= 4 is 33.1 Å². The fourth-order valence-corrected chi connectivity index (χ4v) is 4.28. The topological polar surface area (TPSA) is 43.9 Å². The zero-order chi connectivity index (χ0) is 19.9.